The lowest BCUT2D eigenvalue weighted by atomic mass is 9.74. The Hall–Kier alpha value is -2.74. The van der Waals surface area contributed by atoms with Crippen LogP contribution in [-0.2, 0) is 23.1 Å². The zero-order valence-corrected chi connectivity index (χ0v) is 19.1. The summed E-state index contributed by atoms with van der Waals surface area (Å²) in [5, 5.41) is 4.10. The van der Waals surface area contributed by atoms with Gasteiger partial charge in [0.05, 0.1) is 22.5 Å². The van der Waals surface area contributed by atoms with Gasteiger partial charge in [0.25, 0.3) is 5.91 Å². The SMILES string of the molecule is CN1CCc2nc(C3(c4ccc(C(=O)Nc5ccccc5N)cc4)CCOCC3)sc2C1. The van der Waals surface area contributed by atoms with E-state index >= 15 is 0 Å². The molecule has 1 fully saturated rings. The van der Waals surface area contributed by atoms with Gasteiger partial charge in [-0.1, -0.05) is 24.3 Å². The van der Waals surface area contributed by atoms with Gasteiger partial charge in [0.2, 0.25) is 0 Å². The summed E-state index contributed by atoms with van der Waals surface area (Å²) in [5.41, 5.74) is 10.1. The first-order valence-corrected chi connectivity index (χ1v) is 11.9. The number of anilines is 2. The topological polar surface area (TPSA) is 80.5 Å². The predicted molar refractivity (Wildman–Crippen MR) is 128 cm³/mol. The molecule has 2 aromatic carbocycles. The van der Waals surface area contributed by atoms with Crippen LogP contribution in [0.25, 0.3) is 0 Å². The molecule has 2 aliphatic rings. The number of rotatable bonds is 4. The minimum atomic E-state index is -0.164. The van der Waals surface area contributed by atoms with Gasteiger partial charge in [0.1, 0.15) is 5.01 Å². The van der Waals surface area contributed by atoms with Crippen molar-refractivity contribution < 1.29 is 9.53 Å². The van der Waals surface area contributed by atoms with Crippen molar-refractivity contribution >= 4 is 28.6 Å². The molecule has 3 N–H and O–H groups in total. The lowest BCUT2D eigenvalue weighted by Crippen LogP contribution is -2.35. The second-order valence-electron chi connectivity index (χ2n) is 8.69. The molecule has 1 saturated heterocycles. The van der Waals surface area contributed by atoms with E-state index in [1.54, 1.807) is 12.1 Å². The molecule has 1 amide bonds. The molecule has 0 spiro atoms. The number of hydrogen-bond donors (Lipinski definition) is 2. The van der Waals surface area contributed by atoms with Gasteiger partial charge in [-0.25, -0.2) is 4.98 Å². The zero-order chi connectivity index (χ0) is 22.1. The van der Waals surface area contributed by atoms with Gasteiger partial charge in [0, 0.05) is 43.2 Å². The molecule has 0 radical (unpaired) electrons. The molecule has 0 unspecified atom stereocenters. The molecular weight excluding hydrogens is 420 g/mol. The Bertz CT molecular complexity index is 1120. The molecular formula is C25H28N4O2S. The van der Waals surface area contributed by atoms with Crippen molar-refractivity contribution in [1.82, 2.24) is 9.88 Å². The Labute approximate surface area is 192 Å². The van der Waals surface area contributed by atoms with Crippen LogP contribution in [0.1, 0.15) is 44.3 Å². The highest BCUT2D eigenvalue weighted by atomic mass is 32.1. The third-order valence-electron chi connectivity index (χ3n) is 6.59. The summed E-state index contributed by atoms with van der Waals surface area (Å²) >= 11 is 1.85. The molecule has 0 atom stereocenters. The van der Waals surface area contributed by atoms with Gasteiger partial charge < -0.3 is 20.7 Å². The Morgan fingerprint density at radius 3 is 2.66 bits per heavy atom. The second-order valence-corrected chi connectivity index (χ2v) is 9.77. The molecule has 0 bridgehead atoms. The number of aromatic nitrogens is 1. The number of benzene rings is 2. The van der Waals surface area contributed by atoms with Crippen LogP contribution in [0.15, 0.2) is 48.5 Å². The number of nitrogen functional groups attached to an aromatic ring is 1. The molecule has 7 heteroatoms. The number of ether oxygens (including phenoxy) is 1. The normalized spacial score (nSPS) is 18.2. The maximum absolute atomic E-state index is 12.8. The first-order valence-electron chi connectivity index (χ1n) is 11.1. The first-order chi connectivity index (χ1) is 15.5. The van der Waals surface area contributed by atoms with Crippen LogP contribution in [0.2, 0.25) is 0 Å². The van der Waals surface area contributed by atoms with Gasteiger partial charge >= 0.3 is 0 Å². The van der Waals surface area contributed by atoms with Crippen molar-refractivity contribution in [1.29, 1.82) is 0 Å². The van der Waals surface area contributed by atoms with E-state index in [0.717, 1.165) is 45.6 Å². The summed E-state index contributed by atoms with van der Waals surface area (Å²) in [6, 6.07) is 15.3. The number of nitrogens with two attached hydrogens (primary N) is 1. The van der Waals surface area contributed by atoms with Gasteiger partial charge in [-0.05, 0) is 49.7 Å². The zero-order valence-electron chi connectivity index (χ0n) is 18.3. The van der Waals surface area contributed by atoms with E-state index in [1.807, 2.05) is 35.6 Å². The van der Waals surface area contributed by atoms with E-state index in [9.17, 15) is 4.79 Å². The highest BCUT2D eigenvalue weighted by molar-refractivity contribution is 7.12. The molecule has 6 nitrogen and oxygen atoms in total. The van der Waals surface area contributed by atoms with Crippen LogP contribution in [0, 0.1) is 0 Å². The van der Waals surface area contributed by atoms with Crippen molar-refractivity contribution in [3.63, 3.8) is 0 Å². The number of hydrogen-bond acceptors (Lipinski definition) is 6. The number of thiazole rings is 1. The number of para-hydroxylation sites is 2. The van der Waals surface area contributed by atoms with Crippen LogP contribution < -0.4 is 11.1 Å². The number of likely N-dealkylation sites (N-methyl/N-ethyl adjacent to an activating group) is 1. The van der Waals surface area contributed by atoms with E-state index in [0.29, 0.717) is 16.9 Å². The van der Waals surface area contributed by atoms with E-state index < -0.39 is 0 Å². The van der Waals surface area contributed by atoms with Gasteiger partial charge in [0.15, 0.2) is 0 Å². The largest absolute Gasteiger partial charge is 0.397 e. The summed E-state index contributed by atoms with van der Waals surface area (Å²) in [6.07, 6.45) is 2.82. The summed E-state index contributed by atoms with van der Waals surface area (Å²) in [4.78, 5) is 21.6. The number of amides is 1. The van der Waals surface area contributed by atoms with E-state index in [-0.39, 0.29) is 11.3 Å². The fourth-order valence-electron chi connectivity index (χ4n) is 4.62. The Morgan fingerprint density at radius 2 is 1.91 bits per heavy atom. The van der Waals surface area contributed by atoms with Crippen LogP contribution in [0.3, 0.4) is 0 Å². The summed E-state index contributed by atoms with van der Waals surface area (Å²) in [5.74, 6) is -0.164. The molecule has 5 rings (SSSR count). The van der Waals surface area contributed by atoms with Gasteiger partial charge in [-0.15, -0.1) is 11.3 Å². The van der Waals surface area contributed by atoms with Crippen molar-refractivity contribution in [3.05, 3.63) is 75.2 Å². The first kappa shape index (κ1) is 21.1. The predicted octanol–water partition coefficient (Wildman–Crippen LogP) is 4.06. The monoisotopic (exact) mass is 448 g/mol. The minimum absolute atomic E-state index is 0.155. The number of nitrogens with one attached hydrogen (secondary N) is 1. The Morgan fingerprint density at radius 1 is 1.16 bits per heavy atom. The lowest BCUT2D eigenvalue weighted by Gasteiger charge is -2.36. The molecule has 32 heavy (non-hydrogen) atoms. The van der Waals surface area contributed by atoms with Crippen LogP contribution in [0.5, 0.6) is 0 Å². The maximum Gasteiger partial charge on any atom is 0.255 e. The molecule has 0 saturated carbocycles. The summed E-state index contributed by atoms with van der Waals surface area (Å²) in [6.45, 7) is 3.47. The van der Waals surface area contributed by atoms with Crippen molar-refractivity contribution in [2.75, 3.05) is 37.9 Å². The highest BCUT2D eigenvalue weighted by Crippen LogP contribution is 2.44. The minimum Gasteiger partial charge on any atom is -0.397 e. The molecule has 1 aromatic heterocycles. The fourth-order valence-corrected chi connectivity index (χ4v) is 6.08. The summed E-state index contributed by atoms with van der Waals surface area (Å²) < 4.78 is 5.72. The van der Waals surface area contributed by atoms with E-state index in [4.69, 9.17) is 15.5 Å². The molecule has 0 aliphatic carbocycles. The van der Waals surface area contributed by atoms with Crippen LogP contribution >= 0.6 is 11.3 Å². The Kier molecular flexibility index (Phi) is 5.71. The number of carbonyl (C=O) groups is 1. The highest BCUT2D eigenvalue weighted by Gasteiger charge is 2.40. The van der Waals surface area contributed by atoms with E-state index in [2.05, 4.69) is 29.4 Å². The number of fused-ring (bicyclic) bond motifs is 1. The third kappa shape index (κ3) is 3.92. The van der Waals surface area contributed by atoms with E-state index in [1.165, 1.54) is 21.1 Å². The van der Waals surface area contributed by atoms with Crippen LogP contribution in [-0.4, -0.2) is 42.6 Å². The van der Waals surface area contributed by atoms with Crippen molar-refractivity contribution in [2.24, 2.45) is 0 Å². The van der Waals surface area contributed by atoms with Crippen molar-refractivity contribution in [3.8, 4) is 0 Å². The third-order valence-corrected chi connectivity index (χ3v) is 7.87. The summed E-state index contributed by atoms with van der Waals surface area (Å²) in [7, 11) is 2.17. The fraction of sp³-hybridized carbons (Fsp3) is 0.360. The molecule has 3 aromatic rings. The lowest BCUT2D eigenvalue weighted by molar-refractivity contribution is 0.0629. The number of carbonyl (C=O) groups excluding carboxylic acids is 1. The number of nitrogens with zero attached hydrogens (tertiary/aromatic N) is 2. The average molecular weight is 449 g/mol. The second kappa shape index (κ2) is 8.65. The Balaban J connectivity index is 1.43. The molecule has 166 valence electrons. The van der Waals surface area contributed by atoms with Gasteiger partial charge in [-0.2, -0.15) is 0 Å². The quantitative estimate of drug-likeness (QED) is 0.589. The van der Waals surface area contributed by atoms with Gasteiger partial charge in [-0.3, -0.25) is 4.79 Å². The van der Waals surface area contributed by atoms with Crippen molar-refractivity contribution in [2.45, 2.75) is 31.2 Å². The standard InChI is InChI=1S/C25H28N4O2S/c1-29-13-10-21-22(16-29)32-24(28-21)25(11-14-31-15-12-25)18-8-6-17(7-9-18)23(30)27-20-5-3-2-4-19(20)26/h2-9H,10-16,26H2,1H3,(H,27,30). The smallest absolute Gasteiger partial charge is 0.255 e. The molecule has 3 heterocycles. The van der Waals surface area contributed by atoms with Crippen LogP contribution in [0.4, 0.5) is 11.4 Å². The maximum atomic E-state index is 12.8. The average Bonchev–Trinajstić information content (AvgIpc) is 3.25. The molecule has 2 aliphatic heterocycles.